The maximum Gasteiger partial charge on any atom is 0.257 e. The summed E-state index contributed by atoms with van der Waals surface area (Å²) in [6.07, 6.45) is 0. The zero-order chi connectivity index (χ0) is 16.0. The highest BCUT2D eigenvalue weighted by Crippen LogP contribution is 2.37. The fourth-order valence-electron chi connectivity index (χ4n) is 1.45. The van der Waals surface area contributed by atoms with Crippen molar-refractivity contribution in [2.24, 2.45) is 0 Å². The summed E-state index contributed by atoms with van der Waals surface area (Å²) in [5.41, 5.74) is -7.89. The SMILES string of the molecule is [B]C(O)(O)C(O)(C([B])(O)O)S(=O)(=O)c1ccc(Br)cc1. The number of sulfone groups is 1. The third kappa shape index (κ3) is 2.67. The Morgan fingerprint density at radius 2 is 1.25 bits per heavy atom. The van der Waals surface area contributed by atoms with Crippen LogP contribution in [0.3, 0.4) is 0 Å². The molecule has 4 radical (unpaired) electrons. The lowest BCUT2D eigenvalue weighted by molar-refractivity contribution is -0.277. The van der Waals surface area contributed by atoms with Crippen LogP contribution in [-0.4, -0.2) is 65.9 Å². The Bertz CT molecular complexity index is 574. The second-order valence-electron chi connectivity index (χ2n) is 4.05. The summed E-state index contributed by atoms with van der Waals surface area (Å²) in [4.78, 5) is -4.76. The minimum atomic E-state index is -5.15. The first-order chi connectivity index (χ1) is 8.75. The van der Waals surface area contributed by atoms with Crippen LogP contribution in [0.15, 0.2) is 33.6 Å². The first kappa shape index (κ1) is 17.6. The molecule has 0 heterocycles. The number of hydrogen-bond donors (Lipinski definition) is 5. The van der Waals surface area contributed by atoms with Crippen molar-refractivity contribution in [1.82, 2.24) is 0 Å². The van der Waals surface area contributed by atoms with Crippen molar-refractivity contribution in [3.8, 4) is 0 Å². The van der Waals surface area contributed by atoms with E-state index in [0.717, 1.165) is 12.1 Å². The van der Waals surface area contributed by atoms with Crippen molar-refractivity contribution < 1.29 is 34.0 Å². The predicted octanol–water partition coefficient (Wildman–Crippen LogP) is -2.47. The van der Waals surface area contributed by atoms with Gasteiger partial charge in [-0.25, -0.2) is 8.42 Å². The molecular formula is C9H9B2BrO7S. The second kappa shape index (κ2) is 5.09. The fraction of sp³-hybridized carbons (Fsp3) is 0.333. The normalized spacial score (nSPS) is 14.3. The first-order valence-corrected chi connectivity index (χ1v) is 7.22. The summed E-state index contributed by atoms with van der Waals surface area (Å²) in [5.74, 6) is 0. The smallest absolute Gasteiger partial charge is 0.257 e. The van der Waals surface area contributed by atoms with Crippen molar-refractivity contribution in [3.63, 3.8) is 0 Å². The van der Waals surface area contributed by atoms with Crippen LogP contribution in [0, 0.1) is 0 Å². The molecule has 0 spiro atoms. The third-order valence-corrected chi connectivity index (χ3v) is 5.31. The average molecular weight is 363 g/mol. The Labute approximate surface area is 125 Å². The van der Waals surface area contributed by atoms with E-state index in [2.05, 4.69) is 15.9 Å². The molecule has 0 amide bonds. The number of aliphatic hydroxyl groups is 5. The number of benzene rings is 1. The molecule has 11 heteroatoms. The molecule has 0 unspecified atom stereocenters. The van der Waals surface area contributed by atoms with Gasteiger partial charge in [0.2, 0.25) is 9.84 Å². The molecule has 0 bridgehead atoms. The number of hydrogen-bond acceptors (Lipinski definition) is 7. The lowest BCUT2D eigenvalue weighted by Crippen LogP contribution is -2.72. The van der Waals surface area contributed by atoms with Gasteiger partial charge in [0.15, 0.2) is 27.1 Å². The minimum absolute atomic E-state index is 0.485. The van der Waals surface area contributed by atoms with E-state index in [9.17, 15) is 34.0 Å². The molecule has 0 fully saturated rings. The highest BCUT2D eigenvalue weighted by Gasteiger charge is 2.65. The largest absolute Gasteiger partial charge is 0.371 e. The van der Waals surface area contributed by atoms with Crippen LogP contribution in [0.25, 0.3) is 0 Å². The Morgan fingerprint density at radius 3 is 1.55 bits per heavy atom. The molecule has 0 aromatic heterocycles. The first-order valence-electron chi connectivity index (χ1n) is 4.95. The van der Waals surface area contributed by atoms with Gasteiger partial charge in [0.05, 0.1) is 4.90 Å². The van der Waals surface area contributed by atoms with E-state index in [1.807, 2.05) is 0 Å². The van der Waals surface area contributed by atoms with Gasteiger partial charge in [-0.05, 0) is 24.3 Å². The van der Waals surface area contributed by atoms with Gasteiger partial charge in [-0.3, -0.25) is 0 Å². The van der Waals surface area contributed by atoms with Gasteiger partial charge in [-0.1, -0.05) is 15.9 Å². The van der Waals surface area contributed by atoms with E-state index in [4.69, 9.17) is 15.7 Å². The molecule has 0 aliphatic rings. The zero-order valence-electron chi connectivity index (χ0n) is 9.80. The molecule has 1 aromatic rings. The van der Waals surface area contributed by atoms with Crippen molar-refractivity contribution >= 4 is 41.5 Å². The third-order valence-electron chi connectivity index (χ3n) is 2.51. The molecule has 20 heavy (non-hydrogen) atoms. The summed E-state index contributed by atoms with van der Waals surface area (Å²) < 4.78 is 24.9. The second-order valence-corrected chi connectivity index (χ2v) is 7.04. The topological polar surface area (TPSA) is 135 Å². The van der Waals surface area contributed by atoms with Crippen LogP contribution in [0.5, 0.6) is 0 Å². The monoisotopic (exact) mass is 362 g/mol. The van der Waals surface area contributed by atoms with Gasteiger partial charge in [-0.15, -0.1) is 0 Å². The highest BCUT2D eigenvalue weighted by atomic mass is 79.9. The molecule has 0 aliphatic carbocycles. The van der Waals surface area contributed by atoms with Gasteiger partial charge in [0.25, 0.3) is 4.93 Å². The lowest BCUT2D eigenvalue weighted by atomic mass is 9.76. The van der Waals surface area contributed by atoms with Crippen molar-refractivity contribution in [2.75, 3.05) is 0 Å². The van der Waals surface area contributed by atoms with Crippen LogP contribution in [0.4, 0.5) is 0 Å². The van der Waals surface area contributed by atoms with Crippen LogP contribution in [-0.2, 0) is 9.84 Å². The van der Waals surface area contributed by atoms with Gasteiger partial charge in [0.1, 0.15) is 0 Å². The molecular weight excluding hydrogens is 354 g/mol. The molecule has 7 nitrogen and oxygen atoms in total. The van der Waals surface area contributed by atoms with E-state index in [-0.39, 0.29) is 0 Å². The number of rotatable bonds is 4. The molecule has 0 atom stereocenters. The molecule has 0 saturated carbocycles. The van der Waals surface area contributed by atoms with Crippen LogP contribution >= 0.6 is 15.9 Å². The summed E-state index contributed by atoms with van der Waals surface area (Å²) in [6, 6.07) is 4.43. The van der Waals surface area contributed by atoms with Gasteiger partial charge < -0.3 is 25.5 Å². The molecule has 0 saturated heterocycles. The van der Waals surface area contributed by atoms with Crippen LogP contribution in [0.2, 0.25) is 0 Å². The maximum absolute atomic E-state index is 12.2. The van der Waals surface area contributed by atoms with Crippen LogP contribution < -0.4 is 0 Å². The van der Waals surface area contributed by atoms with Crippen LogP contribution in [0.1, 0.15) is 0 Å². The van der Waals surface area contributed by atoms with E-state index in [1.165, 1.54) is 12.1 Å². The maximum atomic E-state index is 12.2. The molecule has 0 aliphatic heterocycles. The summed E-state index contributed by atoms with van der Waals surface area (Å²) in [5, 5.41) is 46.8. The quantitative estimate of drug-likeness (QED) is 0.296. The standard InChI is InChI=1S/C9H9B2BrO7S/c10-8(14,15)7(13,9(11,16)17)20(18,19)6-3-1-5(12)2-4-6/h1-4,13-17H. The number of halogens is 1. The summed E-state index contributed by atoms with van der Waals surface area (Å²) in [6.45, 7) is 0. The van der Waals surface area contributed by atoms with Crippen molar-refractivity contribution in [3.05, 3.63) is 28.7 Å². The Morgan fingerprint density at radius 1 is 0.900 bits per heavy atom. The molecule has 106 valence electrons. The molecule has 1 rings (SSSR count). The highest BCUT2D eigenvalue weighted by molar-refractivity contribution is 9.10. The Balaban J connectivity index is 3.61. The average Bonchev–Trinajstić information content (AvgIpc) is 2.25. The molecule has 1 aromatic carbocycles. The fourth-order valence-corrected chi connectivity index (χ4v) is 3.34. The van der Waals surface area contributed by atoms with Crippen molar-refractivity contribution in [1.29, 1.82) is 0 Å². The lowest BCUT2D eigenvalue weighted by Gasteiger charge is -2.43. The van der Waals surface area contributed by atoms with Gasteiger partial charge in [-0.2, -0.15) is 0 Å². The Hall–Kier alpha value is -0.420. The predicted molar refractivity (Wildman–Crippen MR) is 72.1 cm³/mol. The summed E-state index contributed by atoms with van der Waals surface area (Å²) >= 11 is 3.04. The summed E-state index contributed by atoms with van der Waals surface area (Å²) in [7, 11) is 4.30. The van der Waals surface area contributed by atoms with E-state index < -0.39 is 31.0 Å². The van der Waals surface area contributed by atoms with Gasteiger partial charge in [0, 0.05) is 4.47 Å². The van der Waals surface area contributed by atoms with Crippen molar-refractivity contribution in [2.45, 2.75) is 21.2 Å². The van der Waals surface area contributed by atoms with E-state index >= 15 is 0 Å². The van der Waals surface area contributed by atoms with E-state index in [1.54, 1.807) is 0 Å². The molecule has 5 N–H and O–H groups in total. The zero-order valence-corrected chi connectivity index (χ0v) is 12.2. The van der Waals surface area contributed by atoms with E-state index in [0.29, 0.717) is 4.47 Å². The van der Waals surface area contributed by atoms with Gasteiger partial charge >= 0.3 is 0 Å². The minimum Gasteiger partial charge on any atom is -0.371 e. The Kier molecular flexibility index (Phi) is 4.49.